The summed E-state index contributed by atoms with van der Waals surface area (Å²) in [5.74, 6) is -0.200. The first-order chi connectivity index (χ1) is 30.7. The predicted octanol–water partition coefficient (Wildman–Crippen LogP) is 11.1. The van der Waals surface area contributed by atoms with E-state index in [1.165, 1.54) is 74.2 Å². The number of fused-ring (bicyclic) bond motifs is 2. The molecule has 6 aromatic carbocycles. The Morgan fingerprint density at radius 3 is 2.12 bits per heavy atom. The SMILES string of the molecule is CCC(CNS(=O)(=O)c1ccc2c(NS(=O)(=O)c3ccc(NC(C)=O)c4c(O)c(N=Nc5ccccc5OC)ccc34)c(O)ccc2c1)Oc1ccc(C(C)(C)CC)cc1C(C)(C)CC. The molecule has 0 spiro atoms. The molecule has 6 rings (SSSR count). The van der Waals surface area contributed by atoms with E-state index >= 15 is 0 Å². The molecule has 0 fully saturated rings. The Morgan fingerprint density at radius 1 is 0.754 bits per heavy atom. The Balaban J connectivity index is 1.28. The molecular weight excluding hydrogens is 867 g/mol. The number of methoxy groups -OCH3 is 1. The molecule has 0 heterocycles. The summed E-state index contributed by atoms with van der Waals surface area (Å²) in [6, 6.07) is 25.4. The number of anilines is 2. The minimum Gasteiger partial charge on any atom is -0.506 e. The molecule has 0 aliphatic rings. The molecule has 0 saturated heterocycles. The summed E-state index contributed by atoms with van der Waals surface area (Å²) in [4.78, 5) is 11.8. The number of nitrogens with zero attached hydrogens (tertiary/aromatic N) is 2. The van der Waals surface area contributed by atoms with Gasteiger partial charge >= 0.3 is 0 Å². The van der Waals surface area contributed by atoms with E-state index in [1.54, 1.807) is 24.3 Å². The molecule has 14 nitrogen and oxygen atoms in total. The van der Waals surface area contributed by atoms with Gasteiger partial charge < -0.3 is 25.0 Å². The normalized spacial score (nSPS) is 13.0. The summed E-state index contributed by atoms with van der Waals surface area (Å²) >= 11 is 0. The summed E-state index contributed by atoms with van der Waals surface area (Å²) in [5.41, 5.74) is 2.32. The van der Waals surface area contributed by atoms with Crippen LogP contribution in [0.4, 0.5) is 22.7 Å². The third-order valence-corrected chi connectivity index (χ3v) is 14.9. The van der Waals surface area contributed by atoms with Crippen molar-refractivity contribution in [3.63, 3.8) is 0 Å². The average molecular weight is 924 g/mol. The minimum atomic E-state index is -4.55. The number of sulfonamides is 2. The van der Waals surface area contributed by atoms with Crippen molar-refractivity contribution in [1.82, 2.24) is 4.72 Å². The van der Waals surface area contributed by atoms with Crippen LogP contribution in [0.2, 0.25) is 0 Å². The number of phenolic OH excluding ortho intramolecular Hbond substituents is 2. The molecule has 0 aliphatic heterocycles. The number of para-hydroxylation sites is 1. The van der Waals surface area contributed by atoms with Crippen LogP contribution in [0.1, 0.15) is 85.8 Å². The standard InChI is InChI=1S/C49H57N5O9S2/c1-10-33(63-42-25-18-32(48(5,6)11-2)28-37(42)49(7,8)12-3)29-50-64(58,59)34-19-20-35-31(27-34)17-24-41(56)46(35)54-65(60,61)44-26-23-39(51-30(4)55)45-36(44)21-22-40(47(45)57)53-52-38-15-13-14-16-43(38)62-9/h13-28,33,50,54,56-57H,10-12,29H2,1-9H3,(H,51,55). The quantitative estimate of drug-likeness (QED) is 0.0410. The average Bonchev–Trinajstić information content (AvgIpc) is 3.28. The van der Waals surface area contributed by atoms with E-state index in [0.29, 0.717) is 29.0 Å². The number of amides is 1. The Labute approximate surface area is 381 Å². The maximum atomic E-state index is 14.3. The van der Waals surface area contributed by atoms with Gasteiger partial charge in [-0.05, 0) is 95.6 Å². The van der Waals surface area contributed by atoms with Crippen LogP contribution in [0.15, 0.2) is 117 Å². The van der Waals surface area contributed by atoms with Crippen LogP contribution in [0, 0.1) is 0 Å². The highest BCUT2D eigenvalue weighted by atomic mass is 32.2. The van der Waals surface area contributed by atoms with E-state index in [9.17, 15) is 31.8 Å². The van der Waals surface area contributed by atoms with Gasteiger partial charge in [-0.15, -0.1) is 10.2 Å². The van der Waals surface area contributed by atoms with E-state index in [2.05, 4.69) is 78.7 Å². The second-order valence-corrected chi connectivity index (χ2v) is 20.6. The third kappa shape index (κ3) is 10.3. The number of azo groups is 1. The highest BCUT2D eigenvalue weighted by Gasteiger charge is 2.29. The lowest BCUT2D eigenvalue weighted by Gasteiger charge is -2.31. The number of nitrogens with one attached hydrogen (secondary N) is 3. The third-order valence-electron chi connectivity index (χ3n) is 12.1. The maximum absolute atomic E-state index is 14.3. The zero-order valence-corrected chi connectivity index (χ0v) is 39.7. The van der Waals surface area contributed by atoms with Crippen LogP contribution in [0.3, 0.4) is 0 Å². The fourth-order valence-electron chi connectivity index (χ4n) is 7.29. The summed E-state index contributed by atoms with van der Waals surface area (Å²) in [6.45, 7) is 16.3. The first-order valence-electron chi connectivity index (χ1n) is 21.4. The highest BCUT2D eigenvalue weighted by molar-refractivity contribution is 7.93. The Morgan fingerprint density at radius 2 is 1.45 bits per heavy atom. The van der Waals surface area contributed by atoms with Gasteiger partial charge in [0.05, 0.1) is 33.7 Å². The number of carbonyl (C=O) groups is 1. The second-order valence-electron chi connectivity index (χ2n) is 17.2. The van der Waals surface area contributed by atoms with Crippen molar-refractivity contribution in [2.75, 3.05) is 23.7 Å². The molecule has 65 heavy (non-hydrogen) atoms. The summed E-state index contributed by atoms with van der Waals surface area (Å²) in [5, 5.41) is 34.1. The minimum absolute atomic E-state index is 0.0118. The molecule has 1 unspecified atom stereocenters. The van der Waals surface area contributed by atoms with Gasteiger partial charge in [0, 0.05) is 29.8 Å². The second kappa shape index (κ2) is 19.1. The number of hydrogen-bond acceptors (Lipinski definition) is 11. The van der Waals surface area contributed by atoms with Gasteiger partial charge in [0.25, 0.3) is 10.0 Å². The Bertz CT molecular complexity index is 3020. The molecule has 344 valence electrons. The number of carbonyl (C=O) groups excluding carboxylic acids is 1. The topological polar surface area (TPSA) is 205 Å². The van der Waals surface area contributed by atoms with Crippen LogP contribution in [-0.2, 0) is 35.7 Å². The molecule has 0 radical (unpaired) electrons. The number of benzene rings is 6. The van der Waals surface area contributed by atoms with Crippen LogP contribution >= 0.6 is 0 Å². The molecule has 1 atom stereocenters. The zero-order chi connectivity index (χ0) is 47.5. The zero-order valence-electron chi connectivity index (χ0n) is 38.1. The molecule has 0 saturated carbocycles. The fraction of sp³-hybridized carbons (Fsp3) is 0.327. The number of rotatable bonds is 18. The fourth-order valence-corrected chi connectivity index (χ4v) is 9.69. The lowest BCUT2D eigenvalue weighted by molar-refractivity contribution is -0.114. The molecule has 0 aliphatic carbocycles. The van der Waals surface area contributed by atoms with E-state index in [4.69, 9.17) is 9.47 Å². The van der Waals surface area contributed by atoms with Crippen molar-refractivity contribution in [3.05, 3.63) is 108 Å². The summed E-state index contributed by atoms with van der Waals surface area (Å²) in [6.07, 6.45) is 1.88. The molecule has 1 amide bonds. The van der Waals surface area contributed by atoms with Gasteiger partial charge in [0.15, 0.2) is 5.75 Å². The van der Waals surface area contributed by atoms with Crippen molar-refractivity contribution < 1.29 is 41.3 Å². The van der Waals surface area contributed by atoms with Gasteiger partial charge in [-0.1, -0.05) is 90.9 Å². The van der Waals surface area contributed by atoms with Crippen molar-refractivity contribution in [3.8, 4) is 23.0 Å². The van der Waals surface area contributed by atoms with Crippen molar-refractivity contribution in [2.24, 2.45) is 10.2 Å². The van der Waals surface area contributed by atoms with E-state index in [0.717, 1.165) is 18.4 Å². The smallest absolute Gasteiger partial charge is 0.262 e. The lowest BCUT2D eigenvalue weighted by atomic mass is 9.76. The molecular formula is C49H57N5O9S2. The number of aromatic hydroxyl groups is 2. The lowest BCUT2D eigenvalue weighted by Crippen LogP contribution is -2.35. The van der Waals surface area contributed by atoms with E-state index in [-0.39, 0.29) is 60.4 Å². The van der Waals surface area contributed by atoms with Crippen molar-refractivity contribution in [2.45, 2.75) is 101 Å². The van der Waals surface area contributed by atoms with Crippen LogP contribution in [-0.4, -0.2) is 52.7 Å². The van der Waals surface area contributed by atoms with Gasteiger partial charge in [0.1, 0.15) is 34.7 Å². The van der Waals surface area contributed by atoms with Crippen molar-refractivity contribution in [1.29, 1.82) is 0 Å². The monoisotopic (exact) mass is 923 g/mol. The molecule has 0 bridgehead atoms. The Kier molecular flexibility index (Phi) is 14.2. The van der Waals surface area contributed by atoms with Crippen LogP contribution < -0.4 is 24.2 Å². The summed E-state index contributed by atoms with van der Waals surface area (Å²) in [7, 11) is -7.17. The number of ether oxygens (including phenoxy) is 2. The maximum Gasteiger partial charge on any atom is 0.262 e. The van der Waals surface area contributed by atoms with Crippen molar-refractivity contribution >= 4 is 70.2 Å². The van der Waals surface area contributed by atoms with E-state index in [1.807, 2.05) is 13.0 Å². The van der Waals surface area contributed by atoms with Crippen LogP contribution in [0.25, 0.3) is 21.5 Å². The van der Waals surface area contributed by atoms with Gasteiger partial charge in [0.2, 0.25) is 15.9 Å². The Hall–Kier alpha value is -6.23. The molecule has 6 aromatic rings. The van der Waals surface area contributed by atoms with Gasteiger partial charge in [-0.3, -0.25) is 9.52 Å². The summed E-state index contributed by atoms with van der Waals surface area (Å²) < 4.78 is 73.1. The predicted molar refractivity (Wildman–Crippen MR) is 256 cm³/mol. The molecule has 16 heteroatoms. The first kappa shape index (κ1) is 48.2. The van der Waals surface area contributed by atoms with Gasteiger partial charge in [-0.2, -0.15) is 0 Å². The van der Waals surface area contributed by atoms with Crippen LogP contribution in [0.5, 0.6) is 23.0 Å². The number of hydrogen-bond donors (Lipinski definition) is 5. The molecule has 0 aromatic heterocycles. The molecule has 5 N–H and O–H groups in total. The number of phenols is 2. The first-order valence-corrected chi connectivity index (χ1v) is 24.3. The largest absolute Gasteiger partial charge is 0.506 e. The van der Waals surface area contributed by atoms with Gasteiger partial charge in [-0.25, -0.2) is 21.6 Å². The highest BCUT2D eigenvalue weighted by Crippen LogP contribution is 2.44. The van der Waals surface area contributed by atoms with E-state index < -0.39 is 43.6 Å².